The molecule has 7 heteroatoms. The van der Waals surface area contributed by atoms with Gasteiger partial charge in [-0.1, -0.05) is 0 Å². The van der Waals surface area contributed by atoms with Gasteiger partial charge in [0.25, 0.3) is 0 Å². The molecule has 1 aliphatic carbocycles. The van der Waals surface area contributed by atoms with E-state index in [1.807, 2.05) is 0 Å². The first kappa shape index (κ1) is 16.0. The monoisotopic (exact) mass is 371 g/mol. The molecule has 2 heterocycles. The number of ether oxygens (including phenoxy) is 3. The van der Waals surface area contributed by atoms with Crippen LogP contribution in [0.25, 0.3) is 0 Å². The molecule has 2 fully saturated rings. The van der Waals surface area contributed by atoms with E-state index in [1.54, 1.807) is 13.3 Å². The maximum absolute atomic E-state index is 5.89. The summed E-state index contributed by atoms with van der Waals surface area (Å²) in [6, 6.07) is 0.398. The number of hydrogen-bond donors (Lipinski definition) is 1. The fourth-order valence-electron chi connectivity index (χ4n) is 2.89. The number of nitrogens with one attached hydrogen (secondary N) is 1. The zero-order valence-electron chi connectivity index (χ0n) is 12.8. The van der Waals surface area contributed by atoms with Crippen LogP contribution in [0.1, 0.15) is 32.1 Å². The van der Waals surface area contributed by atoms with Crippen molar-refractivity contribution in [1.29, 1.82) is 0 Å². The molecular weight excluding hydrogens is 350 g/mol. The van der Waals surface area contributed by atoms with Crippen molar-refractivity contribution >= 4 is 21.9 Å². The second-order valence-electron chi connectivity index (χ2n) is 5.80. The fraction of sp³-hybridized carbons (Fsp3) is 0.733. The van der Waals surface area contributed by atoms with E-state index in [4.69, 9.17) is 14.2 Å². The number of aromatic nitrogens is 2. The molecular formula is C15H22BrN3O3. The molecule has 0 spiro atoms. The van der Waals surface area contributed by atoms with Crippen molar-refractivity contribution in [2.75, 3.05) is 25.6 Å². The van der Waals surface area contributed by atoms with Gasteiger partial charge in [0.1, 0.15) is 6.10 Å². The highest BCUT2D eigenvalue weighted by atomic mass is 79.9. The first-order chi connectivity index (χ1) is 10.7. The van der Waals surface area contributed by atoms with E-state index in [2.05, 4.69) is 31.2 Å². The van der Waals surface area contributed by atoms with Crippen LogP contribution in [0.4, 0.5) is 5.95 Å². The van der Waals surface area contributed by atoms with Gasteiger partial charge in [0, 0.05) is 19.6 Å². The molecule has 1 aliphatic heterocycles. The molecule has 3 rings (SSSR count). The molecule has 122 valence electrons. The summed E-state index contributed by atoms with van der Waals surface area (Å²) in [5, 5.41) is 3.41. The van der Waals surface area contributed by atoms with E-state index in [9.17, 15) is 0 Å². The predicted octanol–water partition coefficient (Wildman–Crippen LogP) is 2.78. The van der Waals surface area contributed by atoms with Crippen molar-refractivity contribution in [3.05, 3.63) is 10.7 Å². The van der Waals surface area contributed by atoms with E-state index in [1.165, 1.54) is 0 Å². The van der Waals surface area contributed by atoms with Gasteiger partial charge in [-0.2, -0.15) is 4.98 Å². The van der Waals surface area contributed by atoms with Crippen molar-refractivity contribution in [3.8, 4) is 5.88 Å². The Kier molecular flexibility index (Phi) is 5.49. The first-order valence-corrected chi connectivity index (χ1v) is 8.60. The van der Waals surface area contributed by atoms with Crippen LogP contribution in [0.5, 0.6) is 5.88 Å². The molecule has 0 unspecified atom stereocenters. The largest absolute Gasteiger partial charge is 0.471 e. The Morgan fingerprint density at radius 1 is 1.23 bits per heavy atom. The molecule has 1 N–H and O–H groups in total. The predicted molar refractivity (Wildman–Crippen MR) is 86.3 cm³/mol. The van der Waals surface area contributed by atoms with Crippen LogP contribution in [0.15, 0.2) is 10.7 Å². The maximum Gasteiger partial charge on any atom is 0.233 e. The van der Waals surface area contributed by atoms with Crippen LogP contribution in [0.2, 0.25) is 0 Å². The van der Waals surface area contributed by atoms with Gasteiger partial charge in [-0.05, 0) is 41.6 Å². The summed E-state index contributed by atoms with van der Waals surface area (Å²) >= 11 is 3.45. The van der Waals surface area contributed by atoms with Gasteiger partial charge in [-0.15, -0.1) is 0 Å². The maximum atomic E-state index is 5.89. The first-order valence-electron chi connectivity index (χ1n) is 7.81. The summed E-state index contributed by atoms with van der Waals surface area (Å²) in [6.07, 6.45) is 7.42. The van der Waals surface area contributed by atoms with Crippen molar-refractivity contribution in [2.24, 2.45) is 0 Å². The Morgan fingerprint density at radius 2 is 2.05 bits per heavy atom. The lowest BCUT2D eigenvalue weighted by atomic mass is 9.93. The minimum Gasteiger partial charge on any atom is -0.471 e. The van der Waals surface area contributed by atoms with E-state index in [0.717, 1.165) is 43.2 Å². The number of hydrogen-bond acceptors (Lipinski definition) is 6. The molecule has 0 aromatic carbocycles. The second kappa shape index (κ2) is 7.57. The lowest BCUT2D eigenvalue weighted by molar-refractivity contribution is 0.0681. The molecule has 1 aromatic heterocycles. The van der Waals surface area contributed by atoms with Gasteiger partial charge in [-0.25, -0.2) is 4.98 Å². The van der Waals surface area contributed by atoms with Gasteiger partial charge in [0.05, 0.1) is 30.0 Å². The molecule has 0 bridgehead atoms. The molecule has 0 amide bonds. The summed E-state index contributed by atoms with van der Waals surface area (Å²) in [4.78, 5) is 8.83. The van der Waals surface area contributed by atoms with E-state index in [-0.39, 0.29) is 6.10 Å². The van der Waals surface area contributed by atoms with Gasteiger partial charge in [-0.3, -0.25) is 0 Å². The molecule has 1 atom stereocenters. The third-order valence-electron chi connectivity index (χ3n) is 4.22. The number of nitrogens with zero attached hydrogens (tertiary/aromatic N) is 2. The Hall–Kier alpha value is -0.920. The summed E-state index contributed by atoms with van der Waals surface area (Å²) in [5.41, 5.74) is 0. The van der Waals surface area contributed by atoms with Gasteiger partial charge >= 0.3 is 0 Å². The quantitative estimate of drug-likeness (QED) is 0.858. The fourth-order valence-corrected chi connectivity index (χ4v) is 3.18. The highest BCUT2D eigenvalue weighted by molar-refractivity contribution is 9.10. The lowest BCUT2D eigenvalue weighted by Gasteiger charge is -2.28. The second-order valence-corrected chi connectivity index (χ2v) is 6.66. The van der Waals surface area contributed by atoms with Crippen LogP contribution in [0.3, 0.4) is 0 Å². The summed E-state index contributed by atoms with van der Waals surface area (Å²) < 4.78 is 17.4. The zero-order chi connectivity index (χ0) is 15.4. The van der Waals surface area contributed by atoms with Gasteiger partial charge < -0.3 is 19.5 Å². The van der Waals surface area contributed by atoms with Crippen LogP contribution >= 0.6 is 15.9 Å². The Balaban J connectivity index is 1.59. The molecule has 0 radical (unpaired) electrons. The highest BCUT2D eigenvalue weighted by Gasteiger charge is 2.23. The summed E-state index contributed by atoms with van der Waals surface area (Å²) in [7, 11) is 1.78. The number of anilines is 1. The van der Waals surface area contributed by atoms with Gasteiger partial charge in [0.2, 0.25) is 11.8 Å². The third-order valence-corrected chi connectivity index (χ3v) is 4.76. The Bertz CT molecular complexity index is 489. The van der Waals surface area contributed by atoms with Crippen molar-refractivity contribution in [2.45, 2.75) is 50.4 Å². The third kappa shape index (κ3) is 4.08. The van der Waals surface area contributed by atoms with Crippen molar-refractivity contribution in [1.82, 2.24) is 9.97 Å². The van der Waals surface area contributed by atoms with E-state index < -0.39 is 0 Å². The number of methoxy groups -OCH3 is 1. The van der Waals surface area contributed by atoms with E-state index in [0.29, 0.717) is 30.6 Å². The highest BCUT2D eigenvalue weighted by Crippen LogP contribution is 2.27. The van der Waals surface area contributed by atoms with Crippen LogP contribution < -0.4 is 10.1 Å². The van der Waals surface area contributed by atoms with Crippen LogP contribution in [-0.2, 0) is 9.47 Å². The minimum absolute atomic E-state index is 0.0798. The average molecular weight is 372 g/mol. The average Bonchev–Trinajstić information content (AvgIpc) is 3.04. The molecule has 2 aliphatic rings. The topological polar surface area (TPSA) is 65.5 Å². The lowest BCUT2D eigenvalue weighted by Crippen LogP contribution is -2.30. The molecule has 1 aromatic rings. The summed E-state index contributed by atoms with van der Waals surface area (Å²) in [5.74, 6) is 1.21. The molecule has 1 saturated heterocycles. The summed E-state index contributed by atoms with van der Waals surface area (Å²) in [6.45, 7) is 1.38. The standard InChI is InChI=1S/C15H22BrN3O3/c1-20-11-4-2-10(3-5-11)18-15-17-8-13(16)14(19-15)22-12-6-7-21-9-12/h8,10-12H,2-7,9H2,1H3,(H,17,18,19)/t10-,11+,12-/m1/s1. The zero-order valence-corrected chi connectivity index (χ0v) is 14.3. The Morgan fingerprint density at radius 3 is 2.73 bits per heavy atom. The van der Waals surface area contributed by atoms with Crippen molar-refractivity contribution in [3.63, 3.8) is 0 Å². The normalized spacial score (nSPS) is 28.5. The number of halogens is 1. The SMILES string of the molecule is CO[C@H]1CC[C@@H](Nc2ncc(Br)c(O[C@@H]3CCOC3)n2)CC1. The number of rotatable bonds is 5. The molecule has 22 heavy (non-hydrogen) atoms. The molecule has 6 nitrogen and oxygen atoms in total. The van der Waals surface area contributed by atoms with Gasteiger partial charge in [0.15, 0.2) is 0 Å². The van der Waals surface area contributed by atoms with Crippen LogP contribution in [0, 0.1) is 0 Å². The molecule has 1 saturated carbocycles. The van der Waals surface area contributed by atoms with Crippen molar-refractivity contribution < 1.29 is 14.2 Å². The van der Waals surface area contributed by atoms with Crippen LogP contribution in [-0.4, -0.2) is 48.5 Å². The smallest absolute Gasteiger partial charge is 0.233 e. The van der Waals surface area contributed by atoms with E-state index >= 15 is 0 Å². The Labute approximate surface area is 139 Å². The minimum atomic E-state index is 0.0798.